The van der Waals surface area contributed by atoms with Crippen LogP contribution in [0.3, 0.4) is 0 Å². The molecule has 0 aliphatic heterocycles. The summed E-state index contributed by atoms with van der Waals surface area (Å²) in [6.07, 6.45) is 0.261. The van der Waals surface area contributed by atoms with E-state index in [2.05, 4.69) is 11.4 Å². The number of ether oxygens (including phenoxy) is 1. The van der Waals surface area contributed by atoms with Crippen molar-refractivity contribution < 1.29 is 18.4 Å². The predicted molar refractivity (Wildman–Crippen MR) is 75.7 cm³/mol. The van der Waals surface area contributed by atoms with E-state index in [1.165, 1.54) is 12.1 Å². The molecule has 109 valence electrons. The van der Waals surface area contributed by atoms with Crippen molar-refractivity contribution in [2.75, 3.05) is 7.11 Å². The standard InChI is InChI=1S/C16H14F2NO2/c1-20-15-5-3-2-4-14(15)10-19-21-11-12-6-8-13(9-7-12)16(17)18/h2-9,16H,11H2,1H3. The van der Waals surface area contributed by atoms with Crippen LogP contribution in [0.4, 0.5) is 8.78 Å². The Morgan fingerprint density at radius 3 is 2.48 bits per heavy atom. The molecule has 2 rings (SSSR count). The van der Waals surface area contributed by atoms with Crippen molar-refractivity contribution in [2.45, 2.75) is 13.0 Å². The molecular weight excluding hydrogens is 276 g/mol. The third kappa shape index (κ3) is 4.27. The van der Waals surface area contributed by atoms with Gasteiger partial charge in [-0.3, -0.25) is 0 Å². The normalized spacial score (nSPS) is 11.0. The first-order chi connectivity index (χ1) is 10.2. The molecule has 0 atom stereocenters. The fraction of sp³-hybridized carbons (Fsp3) is 0.188. The Morgan fingerprint density at radius 2 is 1.81 bits per heavy atom. The fourth-order valence-electron chi connectivity index (χ4n) is 1.68. The summed E-state index contributed by atoms with van der Waals surface area (Å²) in [6.45, 7) is 0.186. The van der Waals surface area contributed by atoms with Crippen LogP contribution >= 0.6 is 0 Å². The van der Waals surface area contributed by atoms with Crippen molar-refractivity contribution in [3.63, 3.8) is 0 Å². The molecule has 0 aliphatic carbocycles. The van der Waals surface area contributed by atoms with Gasteiger partial charge in [0.2, 0.25) is 0 Å². The summed E-state index contributed by atoms with van der Waals surface area (Å²) >= 11 is 0. The van der Waals surface area contributed by atoms with Crippen LogP contribution in [-0.4, -0.2) is 13.3 Å². The van der Waals surface area contributed by atoms with Gasteiger partial charge in [0.05, 0.1) is 7.11 Å². The summed E-state index contributed by atoms with van der Waals surface area (Å²) in [5.41, 5.74) is 1.42. The van der Waals surface area contributed by atoms with Gasteiger partial charge in [-0.05, 0) is 17.7 Å². The number of nitrogens with zero attached hydrogens (tertiary/aromatic N) is 1. The topological polar surface area (TPSA) is 30.8 Å². The second kappa shape index (κ2) is 7.38. The molecule has 1 radical (unpaired) electrons. The Morgan fingerprint density at radius 1 is 1.10 bits per heavy atom. The van der Waals surface area contributed by atoms with Gasteiger partial charge in [-0.1, -0.05) is 41.6 Å². The lowest BCUT2D eigenvalue weighted by atomic mass is 10.1. The zero-order valence-corrected chi connectivity index (χ0v) is 11.4. The van der Waals surface area contributed by atoms with E-state index >= 15 is 0 Å². The Labute approximate surface area is 121 Å². The number of benzene rings is 2. The lowest BCUT2D eigenvalue weighted by Crippen LogP contribution is -1.92. The molecule has 0 heterocycles. The van der Waals surface area contributed by atoms with Crippen molar-refractivity contribution in [1.82, 2.24) is 0 Å². The van der Waals surface area contributed by atoms with E-state index in [-0.39, 0.29) is 12.2 Å². The van der Waals surface area contributed by atoms with Crippen molar-refractivity contribution in [3.05, 3.63) is 65.2 Å². The van der Waals surface area contributed by atoms with Crippen LogP contribution in [0.25, 0.3) is 0 Å². The second-order valence-corrected chi connectivity index (χ2v) is 4.22. The summed E-state index contributed by atoms with van der Waals surface area (Å²) < 4.78 is 29.9. The van der Waals surface area contributed by atoms with Gasteiger partial charge in [0.1, 0.15) is 18.6 Å². The Balaban J connectivity index is 1.90. The second-order valence-electron chi connectivity index (χ2n) is 4.22. The van der Waals surface area contributed by atoms with Gasteiger partial charge in [0.25, 0.3) is 6.43 Å². The number of rotatable bonds is 6. The zero-order valence-electron chi connectivity index (χ0n) is 11.4. The summed E-state index contributed by atoms with van der Waals surface area (Å²) in [6, 6.07) is 13.2. The van der Waals surface area contributed by atoms with Crippen LogP contribution in [0.2, 0.25) is 0 Å². The molecule has 0 saturated carbocycles. The van der Waals surface area contributed by atoms with E-state index in [1.807, 2.05) is 12.1 Å². The number of methoxy groups -OCH3 is 1. The average molecular weight is 290 g/mol. The van der Waals surface area contributed by atoms with Crippen LogP contribution in [0.15, 0.2) is 53.7 Å². The van der Waals surface area contributed by atoms with E-state index in [0.29, 0.717) is 11.3 Å². The van der Waals surface area contributed by atoms with Gasteiger partial charge >= 0.3 is 0 Å². The summed E-state index contributed by atoms with van der Waals surface area (Å²) in [5.74, 6) is 0.645. The Kier molecular flexibility index (Phi) is 5.26. The van der Waals surface area contributed by atoms with Crippen molar-refractivity contribution >= 4 is 6.21 Å². The molecule has 0 saturated heterocycles. The van der Waals surface area contributed by atoms with Gasteiger partial charge < -0.3 is 9.57 Å². The minimum Gasteiger partial charge on any atom is -0.496 e. The van der Waals surface area contributed by atoms with Crippen LogP contribution in [-0.2, 0) is 11.4 Å². The van der Waals surface area contributed by atoms with Crippen molar-refractivity contribution in [2.24, 2.45) is 5.16 Å². The fourth-order valence-corrected chi connectivity index (χ4v) is 1.68. The lowest BCUT2D eigenvalue weighted by molar-refractivity contribution is 0.131. The predicted octanol–water partition coefficient (Wildman–Crippen LogP) is 4.06. The molecular formula is C16H14F2NO2. The zero-order chi connectivity index (χ0) is 15.1. The molecule has 0 spiro atoms. The first kappa shape index (κ1) is 15.0. The number of hydrogen-bond donors (Lipinski definition) is 0. The molecule has 0 bridgehead atoms. The van der Waals surface area contributed by atoms with Crippen LogP contribution in [0, 0.1) is 0 Å². The molecule has 2 aromatic carbocycles. The molecule has 0 fully saturated rings. The quantitative estimate of drug-likeness (QED) is 0.593. The maximum Gasteiger partial charge on any atom is 0.263 e. The molecule has 3 nitrogen and oxygen atoms in total. The highest BCUT2D eigenvalue weighted by Crippen LogP contribution is 2.19. The molecule has 0 N–H and O–H groups in total. The lowest BCUT2D eigenvalue weighted by Gasteiger charge is -2.03. The van der Waals surface area contributed by atoms with Crippen LogP contribution < -0.4 is 4.74 Å². The summed E-state index contributed by atoms with van der Waals surface area (Å²) in [4.78, 5) is 5.09. The highest BCUT2D eigenvalue weighted by atomic mass is 19.3. The smallest absolute Gasteiger partial charge is 0.263 e. The maximum atomic E-state index is 12.4. The highest BCUT2D eigenvalue weighted by molar-refractivity contribution is 5.82. The van der Waals surface area contributed by atoms with Crippen molar-refractivity contribution in [3.8, 4) is 5.75 Å². The van der Waals surface area contributed by atoms with Gasteiger partial charge in [-0.2, -0.15) is 0 Å². The molecule has 0 amide bonds. The van der Waals surface area contributed by atoms with Gasteiger partial charge in [-0.25, -0.2) is 8.78 Å². The first-order valence-electron chi connectivity index (χ1n) is 6.28. The number of para-hydroxylation sites is 1. The monoisotopic (exact) mass is 290 g/mol. The highest BCUT2D eigenvalue weighted by Gasteiger charge is 2.05. The van der Waals surface area contributed by atoms with E-state index in [9.17, 15) is 8.78 Å². The van der Waals surface area contributed by atoms with E-state index < -0.39 is 6.43 Å². The molecule has 0 aromatic heterocycles. The molecule has 5 heteroatoms. The third-order valence-corrected chi connectivity index (χ3v) is 2.80. The van der Waals surface area contributed by atoms with Crippen LogP contribution in [0.5, 0.6) is 5.75 Å². The van der Waals surface area contributed by atoms with E-state index in [0.717, 1.165) is 5.56 Å². The summed E-state index contributed by atoms with van der Waals surface area (Å²) in [5, 5.41) is 3.72. The number of halogens is 2. The maximum absolute atomic E-state index is 12.4. The number of alkyl halides is 2. The van der Waals surface area contributed by atoms with Crippen molar-refractivity contribution in [1.29, 1.82) is 0 Å². The first-order valence-corrected chi connectivity index (χ1v) is 6.28. The van der Waals surface area contributed by atoms with Gasteiger partial charge in [0.15, 0.2) is 0 Å². The largest absolute Gasteiger partial charge is 0.496 e. The average Bonchev–Trinajstić information content (AvgIpc) is 2.52. The van der Waals surface area contributed by atoms with E-state index in [1.54, 1.807) is 31.4 Å². The van der Waals surface area contributed by atoms with Gasteiger partial charge in [-0.15, -0.1) is 0 Å². The number of hydrogen-bond acceptors (Lipinski definition) is 3. The molecule has 0 unspecified atom stereocenters. The minimum atomic E-state index is -2.46. The minimum absolute atomic E-state index is 0.0113. The molecule has 21 heavy (non-hydrogen) atoms. The van der Waals surface area contributed by atoms with Gasteiger partial charge in [0, 0.05) is 11.1 Å². The van der Waals surface area contributed by atoms with E-state index in [4.69, 9.17) is 9.57 Å². The third-order valence-electron chi connectivity index (χ3n) is 2.80. The Hall–Kier alpha value is -2.43. The Bertz CT molecular complexity index is 597. The molecule has 0 aliphatic rings. The summed E-state index contributed by atoms with van der Waals surface area (Å²) in [7, 11) is 1.56. The van der Waals surface area contributed by atoms with Crippen LogP contribution in [0.1, 0.15) is 23.1 Å². The SMILES string of the molecule is COc1ccccc1/[C]=N\OCc1ccc(C(F)F)cc1. The molecule has 2 aromatic rings.